The fourth-order valence-electron chi connectivity index (χ4n) is 2.83. The summed E-state index contributed by atoms with van der Waals surface area (Å²) >= 11 is 0. The molecule has 0 bridgehead atoms. The number of carbonyl (C=O) groups excluding carboxylic acids is 1. The number of guanidine groups is 1. The Morgan fingerprint density at radius 1 is 1.06 bits per heavy atom. The van der Waals surface area contributed by atoms with E-state index in [1.165, 1.54) is 5.56 Å². The van der Waals surface area contributed by atoms with Crippen LogP contribution in [0.5, 0.6) is 5.75 Å². The normalized spacial score (nSPS) is 11.8. The maximum absolute atomic E-state index is 12.1. The minimum absolute atomic E-state index is 0. The molecule has 1 amide bonds. The molecule has 0 radical (unpaired) electrons. The molecule has 0 aliphatic heterocycles. The fraction of sp³-hybridized carbons (Fsp3) is 0.417. The summed E-state index contributed by atoms with van der Waals surface area (Å²) in [6.07, 6.45) is 1.72. The number of carbonyl (C=O) groups is 1. The molecule has 0 aromatic heterocycles. The van der Waals surface area contributed by atoms with Crippen LogP contribution in [0, 0.1) is 5.92 Å². The molecule has 0 spiro atoms. The van der Waals surface area contributed by atoms with Crippen molar-refractivity contribution in [2.75, 3.05) is 25.5 Å². The highest BCUT2D eigenvalue weighted by atomic mass is 127. The Hall–Kier alpha value is -2.29. The molecule has 0 heterocycles. The molecule has 0 saturated heterocycles. The standard InChI is InChI=1S/C24H34N4O2.HI/c1-5-18(3)23(29)28-21-9-7-8-20(16-21)17-27-24(25-6-2)26-15-14-19-10-12-22(30-4)13-11-19;/h7-13,16,18H,5-6,14-15,17H2,1-4H3,(H,28,29)(H2,25,26,27);1H. The quantitative estimate of drug-likeness (QED) is 0.235. The van der Waals surface area contributed by atoms with Crippen molar-refractivity contribution in [1.29, 1.82) is 0 Å². The van der Waals surface area contributed by atoms with E-state index in [0.29, 0.717) is 6.54 Å². The van der Waals surface area contributed by atoms with E-state index in [1.807, 2.05) is 57.2 Å². The van der Waals surface area contributed by atoms with Gasteiger partial charge in [-0.1, -0.05) is 38.1 Å². The van der Waals surface area contributed by atoms with Gasteiger partial charge in [0.1, 0.15) is 5.75 Å². The lowest BCUT2D eigenvalue weighted by molar-refractivity contribution is -0.119. The van der Waals surface area contributed by atoms with Gasteiger partial charge in [0.05, 0.1) is 13.7 Å². The van der Waals surface area contributed by atoms with Gasteiger partial charge in [-0.2, -0.15) is 0 Å². The molecular weight excluding hydrogens is 503 g/mol. The Morgan fingerprint density at radius 3 is 2.45 bits per heavy atom. The number of aliphatic imine (C=N–C) groups is 1. The molecule has 6 nitrogen and oxygen atoms in total. The summed E-state index contributed by atoms with van der Waals surface area (Å²) in [5.41, 5.74) is 3.10. The second kappa shape index (κ2) is 14.7. The van der Waals surface area contributed by atoms with Crippen LogP contribution in [0.2, 0.25) is 0 Å². The third kappa shape index (κ3) is 9.59. The number of hydrogen-bond acceptors (Lipinski definition) is 3. The molecule has 1 atom stereocenters. The van der Waals surface area contributed by atoms with Crippen molar-refractivity contribution in [2.24, 2.45) is 10.9 Å². The number of benzene rings is 2. The Kier molecular flexibility index (Phi) is 12.7. The highest BCUT2D eigenvalue weighted by molar-refractivity contribution is 14.0. The first-order valence-corrected chi connectivity index (χ1v) is 10.6. The monoisotopic (exact) mass is 538 g/mol. The molecule has 31 heavy (non-hydrogen) atoms. The molecule has 0 aliphatic carbocycles. The minimum Gasteiger partial charge on any atom is -0.497 e. The van der Waals surface area contributed by atoms with E-state index in [0.717, 1.165) is 48.9 Å². The van der Waals surface area contributed by atoms with Crippen LogP contribution in [-0.2, 0) is 17.8 Å². The van der Waals surface area contributed by atoms with Crippen LogP contribution < -0.4 is 20.7 Å². The molecule has 7 heteroatoms. The van der Waals surface area contributed by atoms with E-state index in [2.05, 4.69) is 33.1 Å². The number of ether oxygens (including phenoxy) is 1. The van der Waals surface area contributed by atoms with Crippen LogP contribution in [0.1, 0.15) is 38.3 Å². The van der Waals surface area contributed by atoms with Gasteiger partial charge in [-0.25, -0.2) is 4.99 Å². The van der Waals surface area contributed by atoms with E-state index in [9.17, 15) is 4.79 Å². The second-order valence-electron chi connectivity index (χ2n) is 7.22. The van der Waals surface area contributed by atoms with Crippen molar-refractivity contribution in [2.45, 2.75) is 40.2 Å². The topological polar surface area (TPSA) is 74.8 Å². The summed E-state index contributed by atoms with van der Waals surface area (Å²) in [7, 11) is 1.67. The molecule has 170 valence electrons. The molecule has 0 aliphatic rings. The smallest absolute Gasteiger partial charge is 0.227 e. The third-order valence-corrected chi connectivity index (χ3v) is 4.88. The van der Waals surface area contributed by atoms with Crippen LogP contribution in [0.15, 0.2) is 53.5 Å². The predicted molar refractivity (Wildman–Crippen MR) is 139 cm³/mol. The molecule has 2 aromatic rings. The molecule has 2 aromatic carbocycles. The molecular formula is C24H35IN4O2. The van der Waals surface area contributed by atoms with Crippen LogP contribution in [0.25, 0.3) is 0 Å². The zero-order chi connectivity index (χ0) is 21.8. The zero-order valence-corrected chi connectivity index (χ0v) is 21.2. The number of methoxy groups -OCH3 is 1. The third-order valence-electron chi connectivity index (χ3n) is 4.88. The maximum Gasteiger partial charge on any atom is 0.227 e. The predicted octanol–water partition coefficient (Wildman–Crippen LogP) is 4.60. The minimum atomic E-state index is 0. The Labute approximate surface area is 203 Å². The van der Waals surface area contributed by atoms with Crippen LogP contribution in [-0.4, -0.2) is 32.1 Å². The van der Waals surface area contributed by atoms with Crippen molar-refractivity contribution in [3.63, 3.8) is 0 Å². The maximum atomic E-state index is 12.1. The summed E-state index contributed by atoms with van der Waals surface area (Å²) < 4.78 is 5.20. The number of nitrogens with zero attached hydrogens (tertiary/aromatic N) is 1. The van der Waals surface area contributed by atoms with Crippen molar-refractivity contribution >= 4 is 41.5 Å². The fourth-order valence-corrected chi connectivity index (χ4v) is 2.83. The number of rotatable bonds is 10. The zero-order valence-electron chi connectivity index (χ0n) is 18.9. The number of nitrogens with one attached hydrogen (secondary N) is 3. The average Bonchev–Trinajstić information content (AvgIpc) is 2.77. The molecule has 2 rings (SSSR count). The van der Waals surface area contributed by atoms with Gasteiger partial charge in [-0.15, -0.1) is 24.0 Å². The Bertz CT molecular complexity index is 825. The van der Waals surface area contributed by atoms with Gasteiger partial charge in [0, 0.05) is 24.7 Å². The van der Waals surface area contributed by atoms with Crippen molar-refractivity contribution in [3.05, 3.63) is 59.7 Å². The van der Waals surface area contributed by atoms with E-state index >= 15 is 0 Å². The number of halogens is 1. The van der Waals surface area contributed by atoms with Gasteiger partial charge in [-0.05, 0) is 55.2 Å². The van der Waals surface area contributed by atoms with Crippen LogP contribution >= 0.6 is 24.0 Å². The first-order valence-electron chi connectivity index (χ1n) is 10.6. The molecule has 1 unspecified atom stereocenters. The summed E-state index contributed by atoms with van der Waals surface area (Å²) in [6.45, 7) is 8.10. The lowest BCUT2D eigenvalue weighted by Crippen LogP contribution is -2.38. The van der Waals surface area contributed by atoms with Crippen LogP contribution in [0.4, 0.5) is 5.69 Å². The van der Waals surface area contributed by atoms with Gasteiger partial charge in [-0.3, -0.25) is 4.79 Å². The van der Waals surface area contributed by atoms with E-state index in [-0.39, 0.29) is 35.8 Å². The van der Waals surface area contributed by atoms with E-state index < -0.39 is 0 Å². The first-order chi connectivity index (χ1) is 14.5. The van der Waals surface area contributed by atoms with Crippen molar-refractivity contribution in [1.82, 2.24) is 10.6 Å². The van der Waals surface area contributed by atoms with E-state index in [1.54, 1.807) is 7.11 Å². The SMILES string of the molecule is CCNC(=NCc1cccc(NC(=O)C(C)CC)c1)NCCc1ccc(OC)cc1.I. The second-order valence-corrected chi connectivity index (χ2v) is 7.22. The summed E-state index contributed by atoms with van der Waals surface area (Å²) in [6, 6.07) is 15.9. The van der Waals surface area contributed by atoms with Crippen LogP contribution in [0.3, 0.4) is 0 Å². The highest BCUT2D eigenvalue weighted by Gasteiger charge is 2.10. The highest BCUT2D eigenvalue weighted by Crippen LogP contribution is 2.14. The number of anilines is 1. The largest absolute Gasteiger partial charge is 0.497 e. The molecule has 0 saturated carbocycles. The Balaban J connectivity index is 0.00000480. The lowest BCUT2D eigenvalue weighted by atomic mass is 10.1. The summed E-state index contributed by atoms with van der Waals surface area (Å²) in [5.74, 6) is 1.69. The van der Waals surface area contributed by atoms with Gasteiger partial charge >= 0.3 is 0 Å². The number of amides is 1. The van der Waals surface area contributed by atoms with Crippen molar-refractivity contribution < 1.29 is 9.53 Å². The average molecular weight is 538 g/mol. The van der Waals surface area contributed by atoms with Gasteiger partial charge in [0.2, 0.25) is 5.91 Å². The van der Waals surface area contributed by atoms with Gasteiger partial charge in [0.25, 0.3) is 0 Å². The molecule has 3 N–H and O–H groups in total. The lowest BCUT2D eigenvalue weighted by Gasteiger charge is -2.12. The van der Waals surface area contributed by atoms with E-state index in [4.69, 9.17) is 4.74 Å². The molecule has 0 fully saturated rings. The van der Waals surface area contributed by atoms with Gasteiger partial charge in [0.15, 0.2) is 5.96 Å². The first kappa shape index (κ1) is 26.7. The van der Waals surface area contributed by atoms with Crippen molar-refractivity contribution in [3.8, 4) is 5.75 Å². The Morgan fingerprint density at radius 2 is 1.81 bits per heavy atom. The van der Waals surface area contributed by atoms with Gasteiger partial charge < -0.3 is 20.7 Å². The summed E-state index contributed by atoms with van der Waals surface area (Å²) in [4.78, 5) is 16.8. The number of hydrogen-bond donors (Lipinski definition) is 3. The summed E-state index contributed by atoms with van der Waals surface area (Å²) in [5, 5.41) is 9.63.